The third-order valence-corrected chi connectivity index (χ3v) is 4.08. The molecule has 1 fully saturated rings. The number of anilines is 1. The van der Waals surface area contributed by atoms with E-state index in [0.29, 0.717) is 6.07 Å². The van der Waals surface area contributed by atoms with Crippen molar-refractivity contribution >= 4 is 34.8 Å². The number of ketones is 2. The Balaban J connectivity index is 2.21. The molecule has 24 heavy (non-hydrogen) atoms. The van der Waals surface area contributed by atoms with E-state index < -0.39 is 45.6 Å². The molecule has 0 heterocycles. The Morgan fingerprint density at radius 2 is 1.75 bits per heavy atom. The van der Waals surface area contributed by atoms with Crippen LogP contribution in [-0.2, 0) is 20.6 Å². The molecule has 0 bridgehead atoms. The van der Waals surface area contributed by atoms with Crippen molar-refractivity contribution in [2.75, 3.05) is 5.32 Å². The molecule has 0 spiro atoms. The third-order valence-electron chi connectivity index (χ3n) is 3.75. The molecule has 0 unspecified atom stereocenters. The Labute approximate surface area is 141 Å². The summed E-state index contributed by atoms with van der Waals surface area (Å²) in [7, 11) is 0. The van der Waals surface area contributed by atoms with E-state index >= 15 is 0 Å². The molecule has 1 aliphatic rings. The van der Waals surface area contributed by atoms with E-state index in [1.807, 2.05) is 0 Å². The minimum absolute atomic E-state index is 0.0608. The van der Waals surface area contributed by atoms with Crippen molar-refractivity contribution in [2.24, 2.45) is 11.3 Å². The Morgan fingerprint density at radius 3 is 2.25 bits per heavy atom. The number of hydrogen-bond acceptors (Lipinski definition) is 3. The molecule has 0 atom stereocenters. The van der Waals surface area contributed by atoms with Crippen LogP contribution in [0.3, 0.4) is 0 Å². The summed E-state index contributed by atoms with van der Waals surface area (Å²) in [5, 5.41) is 1.69. The maximum Gasteiger partial charge on any atom is 0.417 e. The number of carbonyl (C=O) groups excluding carboxylic acids is 3. The molecule has 130 valence electrons. The lowest BCUT2D eigenvalue weighted by atomic mass is 9.71. The van der Waals surface area contributed by atoms with Crippen LogP contribution in [0.4, 0.5) is 18.9 Å². The molecular weight excluding hydrogens is 347 g/mol. The fourth-order valence-corrected chi connectivity index (χ4v) is 2.94. The van der Waals surface area contributed by atoms with Gasteiger partial charge in [-0.3, -0.25) is 14.4 Å². The first-order chi connectivity index (χ1) is 10.9. The quantitative estimate of drug-likeness (QED) is 0.813. The number of alkyl halides is 3. The predicted molar refractivity (Wildman–Crippen MR) is 81.6 cm³/mol. The first-order valence-corrected chi connectivity index (χ1v) is 7.51. The maximum absolute atomic E-state index is 12.8. The first kappa shape index (κ1) is 18.4. The molecule has 0 radical (unpaired) electrons. The van der Waals surface area contributed by atoms with Gasteiger partial charge in [-0.2, -0.15) is 13.2 Å². The number of amides is 1. The van der Waals surface area contributed by atoms with Gasteiger partial charge in [0, 0.05) is 18.5 Å². The molecule has 1 aromatic rings. The predicted octanol–water partition coefficient (Wildman–Crippen LogP) is 3.87. The number of hydrogen-bond donors (Lipinski definition) is 1. The van der Waals surface area contributed by atoms with Crippen molar-refractivity contribution in [2.45, 2.75) is 32.9 Å². The molecule has 0 saturated heterocycles. The van der Waals surface area contributed by atoms with Crippen LogP contribution in [0.1, 0.15) is 32.3 Å². The van der Waals surface area contributed by atoms with Crippen molar-refractivity contribution in [1.29, 1.82) is 0 Å². The summed E-state index contributed by atoms with van der Waals surface area (Å²) >= 11 is 5.50. The van der Waals surface area contributed by atoms with Crippen LogP contribution in [0.5, 0.6) is 0 Å². The van der Waals surface area contributed by atoms with Gasteiger partial charge in [0.05, 0.1) is 10.6 Å². The Hall–Kier alpha value is -1.89. The highest BCUT2D eigenvalue weighted by atomic mass is 35.5. The lowest BCUT2D eigenvalue weighted by molar-refractivity contribution is -0.144. The van der Waals surface area contributed by atoms with Gasteiger partial charge in [-0.1, -0.05) is 25.4 Å². The Kier molecular flexibility index (Phi) is 4.77. The standard InChI is InChI=1S/C16H15ClF3NO3/c1-15(2)6-11(22)13(12(23)7-15)14(24)21-8-3-4-10(17)9(5-8)16(18,19)20/h3-5,13H,6-7H2,1-2H3,(H,21,24). The number of carbonyl (C=O) groups is 3. The zero-order valence-corrected chi connectivity index (χ0v) is 13.7. The molecule has 1 aromatic carbocycles. The lowest BCUT2D eigenvalue weighted by Crippen LogP contribution is -2.44. The molecule has 1 saturated carbocycles. The first-order valence-electron chi connectivity index (χ1n) is 7.14. The normalized spacial score (nSPS) is 18.6. The monoisotopic (exact) mass is 361 g/mol. The van der Waals surface area contributed by atoms with Gasteiger partial charge in [0.2, 0.25) is 5.91 Å². The van der Waals surface area contributed by atoms with Crippen molar-refractivity contribution < 1.29 is 27.6 Å². The molecule has 0 aromatic heterocycles. The minimum Gasteiger partial charge on any atom is -0.325 e. The van der Waals surface area contributed by atoms with Crippen LogP contribution in [0.25, 0.3) is 0 Å². The molecule has 1 amide bonds. The Morgan fingerprint density at radius 1 is 1.21 bits per heavy atom. The molecule has 8 heteroatoms. The molecule has 1 aliphatic carbocycles. The average molecular weight is 362 g/mol. The van der Waals surface area contributed by atoms with Crippen molar-refractivity contribution in [3.8, 4) is 0 Å². The SMILES string of the molecule is CC1(C)CC(=O)C(C(=O)Nc2ccc(Cl)c(C(F)(F)F)c2)C(=O)C1. The molecule has 2 rings (SSSR count). The summed E-state index contributed by atoms with van der Waals surface area (Å²) in [6.45, 7) is 3.48. The van der Waals surface area contributed by atoms with Gasteiger partial charge >= 0.3 is 6.18 Å². The second kappa shape index (κ2) is 6.20. The van der Waals surface area contributed by atoms with Gasteiger partial charge < -0.3 is 5.32 Å². The summed E-state index contributed by atoms with van der Waals surface area (Å²) in [5.41, 5.74) is -1.80. The van der Waals surface area contributed by atoms with E-state index in [1.54, 1.807) is 13.8 Å². The number of Topliss-reactive ketones (excluding diaryl/α,β-unsaturated/α-hetero) is 2. The smallest absolute Gasteiger partial charge is 0.325 e. The second-order valence-electron chi connectivity index (χ2n) is 6.57. The number of benzene rings is 1. The van der Waals surface area contributed by atoms with Gasteiger partial charge in [0.25, 0.3) is 0 Å². The Bertz CT molecular complexity index is 693. The lowest BCUT2D eigenvalue weighted by Gasteiger charge is -2.31. The van der Waals surface area contributed by atoms with Gasteiger partial charge in [0.1, 0.15) is 0 Å². The highest BCUT2D eigenvalue weighted by Gasteiger charge is 2.43. The van der Waals surface area contributed by atoms with E-state index in [1.165, 1.54) is 6.07 Å². The van der Waals surface area contributed by atoms with Crippen molar-refractivity contribution in [3.63, 3.8) is 0 Å². The second-order valence-corrected chi connectivity index (χ2v) is 6.97. The third kappa shape index (κ3) is 3.95. The summed E-state index contributed by atoms with van der Waals surface area (Å²) < 4.78 is 38.5. The number of nitrogens with one attached hydrogen (secondary N) is 1. The zero-order valence-electron chi connectivity index (χ0n) is 13.0. The molecular formula is C16H15ClF3NO3. The van der Waals surface area contributed by atoms with Gasteiger partial charge in [-0.05, 0) is 23.6 Å². The molecule has 4 nitrogen and oxygen atoms in total. The number of rotatable bonds is 2. The van der Waals surface area contributed by atoms with E-state index in [2.05, 4.69) is 5.32 Å². The van der Waals surface area contributed by atoms with Crippen LogP contribution in [0.15, 0.2) is 18.2 Å². The van der Waals surface area contributed by atoms with E-state index in [0.717, 1.165) is 6.07 Å². The fraction of sp³-hybridized carbons (Fsp3) is 0.438. The molecule has 1 N–H and O–H groups in total. The fourth-order valence-electron chi connectivity index (χ4n) is 2.72. The largest absolute Gasteiger partial charge is 0.417 e. The van der Waals surface area contributed by atoms with Gasteiger partial charge in [0.15, 0.2) is 17.5 Å². The van der Waals surface area contributed by atoms with Gasteiger partial charge in [-0.15, -0.1) is 0 Å². The van der Waals surface area contributed by atoms with E-state index in [9.17, 15) is 27.6 Å². The highest BCUT2D eigenvalue weighted by molar-refractivity contribution is 6.31. The van der Waals surface area contributed by atoms with Crippen LogP contribution in [0, 0.1) is 11.3 Å². The maximum atomic E-state index is 12.8. The van der Waals surface area contributed by atoms with E-state index in [4.69, 9.17) is 11.6 Å². The van der Waals surface area contributed by atoms with Crippen LogP contribution in [0.2, 0.25) is 5.02 Å². The van der Waals surface area contributed by atoms with Crippen LogP contribution in [-0.4, -0.2) is 17.5 Å². The summed E-state index contributed by atoms with van der Waals surface area (Å²) in [5.74, 6) is -3.46. The topological polar surface area (TPSA) is 63.2 Å². The average Bonchev–Trinajstić information content (AvgIpc) is 2.37. The van der Waals surface area contributed by atoms with E-state index in [-0.39, 0.29) is 18.5 Å². The zero-order chi connectivity index (χ0) is 18.3. The van der Waals surface area contributed by atoms with Crippen LogP contribution >= 0.6 is 11.6 Å². The number of halogens is 4. The minimum atomic E-state index is -4.68. The molecule has 0 aliphatic heterocycles. The van der Waals surface area contributed by atoms with Crippen LogP contribution < -0.4 is 5.32 Å². The summed E-state index contributed by atoms with van der Waals surface area (Å²) in [6, 6.07) is 2.84. The van der Waals surface area contributed by atoms with Gasteiger partial charge in [-0.25, -0.2) is 0 Å². The summed E-state index contributed by atoms with van der Waals surface area (Å²) in [4.78, 5) is 36.3. The summed E-state index contributed by atoms with van der Waals surface area (Å²) in [6.07, 6.45) is -4.56. The highest BCUT2D eigenvalue weighted by Crippen LogP contribution is 2.37. The van der Waals surface area contributed by atoms with Crippen molar-refractivity contribution in [1.82, 2.24) is 0 Å². The van der Waals surface area contributed by atoms with Crippen molar-refractivity contribution in [3.05, 3.63) is 28.8 Å².